The molecular weight excluding hydrogens is 262 g/mol. The number of fused-ring (bicyclic) bond motifs is 1. The minimum atomic E-state index is 0.307. The Balaban J connectivity index is 2.11. The molecule has 1 aromatic rings. The van der Waals surface area contributed by atoms with Gasteiger partial charge in [-0.15, -0.1) is 0 Å². The van der Waals surface area contributed by atoms with Gasteiger partial charge in [-0.3, -0.25) is 0 Å². The summed E-state index contributed by atoms with van der Waals surface area (Å²) in [6, 6.07) is 1.92. The molecule has 0 amide bonds. The van der Waals surface area contributed by atoms with Crippen molar-refractivity contribution in [2.45, 2.75) is 38.5 Å². The Morgan fingerprint density at radius 2 is 2.00 bits per heavy atom. The fraction of sp³-hybridized carbons (Fsp3) is 0.600. The van der Waals surface area contributed by atoms with Gasteiger partial charge in [0.15, 0.2) is 11.5 Å². The van der Waals surface area contributed by atoms with E-state index in [4.69, 9.17) is 21.1 Å². The summed E-state index contributed by atoms with van der Waals surface area (Å²) in [7, 11) is 0. The van der Waals surface area contributed by atoms with Crippen LogP contribution in [0, 0.1) is 0 Å². The highest BCUT2D eigenvalue weighted by molar-refractivity contribution is 6.31. The maximum absolute atomic E-state index is 6.53. The van der Waals surface area contributed by atoms with Gasteiger partial charge >= 0.3 is 0 Å². The second-order valence-corrected chi connectivity index (χ2v) is 6.01. The van der Waals surface area contributed by atoms with Crippen molar-refractivity contribution in [3.63, 3.8) is 0 Å². The van der Waals surface area contributed by atoms with Gasteiger partial charge in [-0.25, -0.2) is 0 Å². The number of hydrogen-bond donors (Lipinski definition) is 1. The van der Waals surface area contributed by atoms with Crippen molar-refractivity contribution in [1.82, 2.24) is 5.32 Å². The second kappa shape index (κ2) is 5.22. The van der Waals surface area contributed by atoms with Gasteiger partial charge in [0.1, 0.15) is 0 Å². The highest BCUT2D eigenvalue weighted by Crippen LogP contribution is 2.48. The molecule has 2 aliphatic rings. The first-order valence-electron chi connectivity index (χ1n) is 7.01. The lowest BCUT2D eigenvalue weighted by atomic mass is 9.83. The topological polar surface area (TPSA) is 30.5 Å². The molecule has 0 bridgehead atoms. The summed E-state index contributed by atoms with van der Waals surface area (Å²) in [4.78, 5) is 0. The Morgan fingerprint density at radius 1 is 1.26 bits per heavy atom. The molecule has 2 aliphatic heterocycles. The van der Waals surface area contributed by atoms with Crippen LogP contribution in [0.15, 0.2) is 6.07 Å². The highest BCUT2D eigenvalue weighted by Gasteiger charge is 2.29. The molecule has 3 nitrogen and oxygen atoms in total. The Morgan fingerprint density at radius 3 is 2.68 bits per heavy atom. The monoisotopic (exact) mass is 281 g/mol. The quantitative estimate of drug-likeness (QED) is 0.897. The lowest BCUT2D eigenvalue weighted by Gasteiger charge is -2.28. The van der Waals surface area contributed by atoms with E-state index in [1.54, 1.807) is 0 Å². The lowest BCUT2D eigenvalue weighted by Crippen LogP contribution is -2.27. The molecule has 2 heterocycles. The minimum absolute atomic E-state index is 0.307. The molecule has 1 fully saturated rings. The smallest absolute Gasteiger partial charge is 0.231 e. The summed E-state index contributed by atoms with van der Waals surface area (Å²) in [5, 5.41) is 4.24. The number of hydrogen-bond acceptors (Lipinski definition) is 3. The predicted molar refractivity (Wildman–Crippen MR) is 76.5 cm³/mol. The largest absolute Gasteiger partial charge is 0.454 e. The summed E-state index contributed by atoms with van der Waals surface area (Å²) >= 11 is 6.53. The first-order chi connectivity index (χ1) is 9.18. The molecule has 0 aliphatic carbocycles. The number of nitrogens with one attached hydrogen (secondary N) is 1. The molecule has 0 radical (unpaired) electrons. The number of halogens is 1. The van der Waals surface area contributed by atoms with Crippen LogP contribution in [0.1, 0.15) is 49.7 Å². The highest BCUT2D eigenvalue weighted by atomic mass is 35.5. The van der Waals surface area contributed by atoms with E-state index in [-0.39, 0.29) is 0 Å². The zero-order valence-electron chi connectivity index (χ0n) is 11.5. The molecule has 104 valence electrons. The van der Waals surface area contributed by atoms with Gasteiger partial charge in [-0.05, 0) is 43.3 Å². The van der Waals surface area contributed by atoms with Crippen LogP contribution in [0.25, 0.3) is 0 Å². The zero-order valence-corrected chi connectivity index (χ0v) is 12.2. The SMILES string of the molecule is CC(C)c1c2c(cc(Cl)c1C1CCNCC1)OCO2. The van der Waals surface area contributed by atoms with Crippen molar-refractivity contribution in [2.75, 3.05) is 19.9 Å². The summed E-state index contributed by atoms with van der Waals surface area (Å²) in [5.74, 6) is 2.62. The molecule has 0 unspecified atom stereocenters. The van der Waals surface area contributed by atoms with Gasteiger partial charge in [0, 0.05) is 16.7 Å². The molecule has 4 heteroatoms. The Kier molecular flexibility index (Phi) is 3.59. The van der Waals surface area contributed by atoms with Crippen molar-refractivity contribution in [3.8, 4) is 11.5 Å². The van der Waals surface area contributed by atoms with Crippen molar-refractivity contribution in [3.05, 3.63) is 22.2 Å². The summed E-state index contributed by atoms with van der Waals surface area (Å²) in [5.41, 5.74) is 2.52. The third kappa shape index (κ3) is 2.30. The number of benzene rings is 1. The normalized spacial score (nSPS) is 19.2. The lowest BCUT2D eigenvalue weighted by molar-refractivity contribution is 0.173. The van der Waals surface area contributed by atoms with Crippen LogP contribution < -0.4 is 14.8 Å². The van der Waals surface area contributed by atoms with Gasteiger partial charge in [0.2, 0.25) is 6.79 Å². The molecule has 19 heavy (non-hydrogen) atoms. The molecule has 3 rings (SSSR count). The Bertz CT molecular complexity index is 482. The number of piperidine rings is 1. The first-order valence-corrected chi connectivity index (χ1v) is 7.39. The van der Waals surface area contributed by atoms with Crippen LogP contribution in [0.2, 0.25) is 5.02 Å². The fourth-order valence-electron chi connectivity index (χ4n) is 3.15. The third-order valence-corrected chi connectivity index (χ3v) is 4.33. The van der Waals surface area contributed by atoms with Gasteiger partial charge in [-0.1, -0.05) is 25.4 Å². The Hall–Kier alpha value is -0.930. The van der Waals surface area contributed by atoms with Gasteiger partial charge < -0.3 is 14.8 Å². The molecule has 0 spiro atoms. The summed E-state index contributed by atoms with van der Waals surface area (Å²) in [6.45, 7) is 6.82. The van der Waals surface area contributed by atoms with Crippen LogP contribution in [0.3, 0.4) is 0 Å². The van der Waals surface area contributed by atoms with Gasteiger partial charge in [-0.2, -0.15) is 0 Å². The van der Waals surface area contributed by atoms with E-state index in [0.29, 0.717) is 18.6 Å². The van der Waals surface area contributed by atoms with Crippen LogP contribution in [0.4, 0.5) is 0 Å². The first kappa shape index (κ1) is 13.1. The van der Waals surface area contributed by atoms with E-state index in [2.05, 4.69) is 19.2 Å². The maximum Gasteiger partial charge on any atom is 0.231 e. The molecule has 1 N–H and O–H groups in total. The predicted octanol–water partition coefficient (Wildman–Crippen LogP) is 3.66. The van der Waals surface area contributed by atoms with Crippen molar-refractivity contribution >= 4 is 11.6 Å². The average molecular weight is 282 g/mol. The van der Waals surface area contributed by atoms with Crippen LogP contribution in [-0.2, 0) is 0 Å². The third-order valence-electron chi connectivity index (χ3n) is 4.02. The summed E-state index contributed by atoms with van der Waals surface area (Å²) in [6.07, 6.45) is 2.28. The van der Waals surface area contributed by atoms with Crippen LogP contribution >= 0.6 is 11.6 Å². The second-order valence-electron chi connectivity index (χ2n) is 5.60. The minimum Gasteiger partial charge on any atom is -0.454 e. The molecular formula is C15H20ClNO2. The van der Waals surface area contributed by atoms with E-state index in [0.717, 1.165) is 42.5 Å². The standard InChI is InChI=1S/C15H20ClNO2/c1-9(2)13-14(10-3-5-17-6-4-10)11(16)7-12-15(13)19-8-18-12/h7,9-10,17H,3-6,8H2,1-2H3. The Labute approximate surface area is 119 Å². The van der Waals surface area contributed by atoms with Crippen molar-refractivity contribution in [1.29, 1.82) is 0 Å². The van der Waals surface area contributed by atoms with Crippen molar-refractivity contribution < 1.29 is 9.47 Å². The molecule has 1 saturated heterocycles. The van der Waals surface area contributed by atoms with E-state index < -0.39 is 0 Å². The van der Waals surface area contributed by atoms with Crippen molar-refractivity contribution in [2.24, 2.45) is 0 Å². The maximum atomic E-state index is 6.53. The van der Waals surface area contributed by atoms with E-state index in [1.165, 1.54) is 11.1 Å². The van der Waals surface area contributed by atoms with Crippen LogP contribution in [-0.4, -0.2) is 19.9 Å². The van der Waals surface area contributed by atoms with E-state index >= 15 is 0 Å². The zero-order chi connectivity index (χ0) is 13.4. The van der Waals surface area contributed by atoms with E-state index in [1.807, 2.05) is 6.07 Å². The molecule has 0 atom stereocenters. The molecule has 0 aromatic heterocycles. The number of ether oxygens (including phenoxy) is 2. The van der Waals surface area contributed by atoms with Crippen LogP contribution in [0.5, 0.6) is 11.5 Å². The molecule has 0 saturated carbocycles. The number of rotatable bonds is 2. The molecule has 1 aromatic carbocycles. The fourth-order valence-corrected chi connectivity index (χ4v) is 3.50. The van der Waals surface area contributed by atoms with Gasteiger partial charge in [0.25, 0.3) is 0 Å². The average Bonchev–Trinajstić information content (AvgIpc) is 2.85. The van der Waals surface area contributed by atoms with Gasteiger partial charge in [0.05, 0.1) is 0 Å². The van der Waals surface area contributed by atoms with E-state index in [9.17, 15) is 0 Å². The summed E-state index contributed by atoms with van der Waals surface area (Å²) < 4.78 is 11.2.